The van der Waals surface area contributed by atoms with E-state index in [1.54, 1.807) is 0 Å². The van der Waals surface area contributed by atoms with Crippen molar-refractivity contribution in [1.82, 2.24) is 14.9 Å². The molecule has 1 amide bonds. The molecule has 1 aromatic carbocycles. The molecule has 0 radical (unpaired) electrons. The van der Waals surface area contributed by atoms with Crippen LogP contribution in [0.3, 0.4) is 0 Å². The molecule has 2 rings (SSSR count). The number of halogens is 1. The zero-order chi connectivity index (χ0) is 13.8. The molecule has 0 atom stereocenters. The van der Waals surface area contributed by atoms with Gasteiger partial charge < -0.3 is 9.88 Å². The van der Waals surface area contributed by atoms with E-state index in [0.29, 0.717) is 12.4 Å². The minimum Gasteiger partial charge on any atom is -0.355 e. The minimum atomic E-state index is -0.00553. The maximum atomic E-state index is 11.9. The molecule has 0 saturated heterocycles. The average Bonchev–Trinajstić information content (AvgIpc) is 2.74. The Bertz CT molecular complexity index is 592. The van der Waals surface area contributed by atoms with Crippen LogP contribution < -0.4 is 5.32 Å². The summed E-state index contributed by atoms with van der Waals surface area (Å²) >= 11 is 5.92. The molecule has 102 valence electrons. The van der Waals surface area contributed by atoms with Gasteiger partial charge in [-0.05, 0) is 31.0 Å². The third-order valence-corrected chi connectivity index (χ3v) is 3.22. The summed E-state index contributed by atoms with van der Waals surface area (Å²) in [5, 5.41) is 2.87. The standard InChI is InChI=1S/C14H18ClN3O/c1-3-6-16-14(19)9-18-12-7-10(2)4-5-11(12)17-13(18)8-15/h4-5,7H,3,6,8-9H2,1-2H3,(H,16,19). The maximum absolute atomic E-state index is 11.9. The van der Waals surface area contributed by atoms with Crippen molar-refractivity contribution in [2.75, 3.05) is 6.54 Å². The van der Waals surface area contributed by atoms with Gasteiger partial charge in [-0.15, -0.1) is 11.6 Å². The second kappa shape index (κ2) is 6.06. The second-order valence-electron chi connectivity index (χ2n) is 4.59. The Morgan fingerprint density at radius 1 is 1.47 bits per heavy atom. The quantitative estimate of drug-likeness (QED) is 0.855. The Morgan fingerprint density at radius 2 is 2.26 bits per heavy atom. The van der Waals surface area contributed by atoms with Crippen LogP contribution in [0.25, 0.3) is 11.0 Å². The molecule has 1 N–H and O–H groups in total. The van der Waals surface area contributed by atoms with Gasteiger partial charge >= 0.3 is 0 Å². The minimum absolute atomic E-state index is 0.00553. The molecule has 0 unspecified atom stereocenters. The van der Waals surface area contributed by atoms with Crippen molar-refractivity contribution in [3.8, 4) is 0 Å². The Hall–Kier alpha value is -1.55. The number of nitrogens with zero attached hydrogens (tertiary/aromatic N) is 2. The zero-order valence-electron chi connectivity index (χ0n) is 11.2. The number of aryl methyl sites for hydroxylation is 1. The first-order valence-corrected chi connectivity index (χ1v) is 6.97. The van der Waals surface area contributed by atoms with Gasteiger partial charge in [-0.2, -0.15) is 0 Å². The Morgan fingerprint density at radius 3 is 2.95 bits per heavy atom. The Balaban J connectivity index is 2.34. The van der Waals surface area contributed by atoms with Crippen molar-refractivity contribution in [1.29, 1.82) is 0 Å². The van der Waals surface area contributed by atoms with Crippen LogP contribution in [0.5, 0.6) is 0 Å². The molecule has 0 aliphatic carbocycles. The number of imidazole rings is 1. The molecule has 5 heteroatoms. The van der Waals surface area contributed by atoms with E-state index < -0.39 is 0 Å². The predicted octanol–water partition coefficient (Wildman–Crippen LogP) is 2.61. The number of hydrogen-bond donors (Lipinski definition) is 1. The zero-order valence-corrected chi connectivity index (χ0v) is 12.0. The highest BCUT2D eigenvalue weighted by Crippen LogP contribution is 2.19. The molecule has 0 bridgehead atoms. The Kier molecular flexibility index (Phi) is 4.43. The topological polar surface area (TPSA) is 46.9 Å². The molecule has 0 spiro atoms. The van der Waals surface area contributed by atoms with Crippen LogP contribution in [0.1, 0.15) is 24.7 Å². The molecule has 0 aliphatic rings. The fourth-order valence-electron chi connectivity index (χ4n) is 2.03. The monoisotopic (exact) mass is 279 g/mol. The van der Waals surface area contributed by atoms with E-state index >= 15 is 0 Å². The smallest absolute Gasteiger partial charge is 0.240 e. The Labute approximate surface area is 117 Å². The van der Waals surface area contributed by atoms with Crippen molar-refractivity contribution in [2.45, 2.75) is 32.7 Å². The van der Waals surface area contributed by atoms with E-state index in [2.05, 4.69) is 10.3 Å². The van der Waals surface area contributed by atoms with E-state index in [4.69, 9.17) is 11.6 Å². The first-order valence-electron chi connectivity index (χ1n) is 6.44. The lowest BCUT2D eigenvalue weighted by atomic mass is 10.2. The van der Waals surface area contributed by atoms with E-state index in [1.807, 2.05) is 36.6 Å². The van der Waals surface area contributed by atoms with Gasteiger partial charge in [0.05, 0.1) is 16.9 Å². The number of amides is 1. The number of rotatable bonds is 5. The SMILES string of the molecule is CCCNC(=O)Cn1c(CCl)nc2ccc(C)cc21. The van der Waals surface area contributed by atoms with Crippen molar-refractivity contribution in [3.63, 3.8) is 0 Å². The lowest BCUT2D eigenvalue weighted by molar-refractivity contribution is -0.121. The molecule has 2 aromatic rings. The van der Waals surface area contributed by atoms with Crippen molar-refractivity contribution in [3.05, 3.63) is 29.6 Å². The summed E-state index contributed by atoms with van der Waals surface area (Å²) in [6, 6.07) is 6.00. The van der Waals surface area contributed by atoms with Crippen molar-refractivity contribution in [2.24, 2.45) is 0 Å². The predicted molar refractivity (Wildman–Crippen MR) is 77.3 cm³/mol. The highest BCUT2D eigenvalue weighted by Gasteiger charge is 2.12. The van der Waals surface area contributed by atoms with Crippen LogP contribution in [0, 0.1) is 6.92 Å². The third-order valence-electron chi connectivity index (χ3n) is 2.98. The van der Waals surface area contributed by atoms with E-state index in [1.165, 1.54) is 0 Å². The van der Waals surface area contributed by atoms with E-state index in [0.717, 1.165) is 28.8 Å². The van der Waals surface area contributed by atoms with Crippen LogP contribution in [-0.2, 0) is 17.2 Å². The normalized spacial score (nSPS) is 10.9. The van der Waals surface area contributed by atoms with Crippen LogP contribution >= 0.6 is 11.6 Å². The molecule has 0 fully saturated rings. The van der Waals surface area contributed by atoms with E-state index in [9.17, 15) is 4.79 Å². The number of aromatic nitrogens is 2. The first kappa shape index (κ1) is 13.9. The van der Waals surface area contributed by atoms with Gasteiger partial charge in [0.15, 0.2) is 0 Å². The highest BCUT2D eigenvalue weighted by atomic mass is 35.5. The second-order valence-corrected chi connectivity index (χ2v) is 4.86. The molecule has 19 heavy (non-hydrogen) atoms. The molecule has 0 aliphatic heterocycles. The summed E-state index contributed by atoms with van der Waals surface area (Å²) in [4.78, 5) is 16.3. The fourth-order valence-corrected chi connectivity index (χ4v) is 2.23. The molecular weight excluding hydrogens is 262 g/mol. The number of hydrogen-bond acceptors (Lipinski definition) is 2. The molecular formula is C14H18ClN3O. The first-order chi connectivity index (χ1) is 9.15. The van der Waals surface area contributed by atoms with Gasteiger partial charge in [-0.25, -0.2) is 4.98 Å². The fraction of sp³-hybridized carbons (Fsp3) is 0.429. The number of carbonyl (C=O) groups is 1. The number of benzene rings is 1. The van der Waals surface area contributed by atoms with Crippen molar-refractivity contribution < 1.29 is 4.79 Å². The van der Waals surface area contributed by atoms with Crippen LogP contribution in [0.2, 0.25) is 0 Å². The summed E-state index contributed by atoms with van der Waals surface area (Å²) in [6.07, 6.45) is 0.928. The lowest BCUT2D eigenvalue weighted by Crippen LogP contribution is -2.28. The number of nitrogens with one attached hydrogen (secondary N) is 1. The summed E-state index contributed by atoms with van der Waals surface area (Å²) < 4.78 is 1.89. The molecule has 1 heterocycles. The molecule has 1 aromatic heterocycles. The average molecular weight is 280 g/mol. The number of fused-ring (bicyclic) bond motifs is 1. The molecule has 0 saturated carbocycles. The van der Waals surface area contributed by atoms with E-state index in [-0.39, 0.29) is 12.5 Å². The highest BCUT2D eigenvalue weighted by molar-refractivity contribution is 6.16. The lowest BCUT2D eigenvalue weighted by Gasteiger charge is -2.08. The molecule has 4 nitrogen and oxygen atoms in total. The maximum Gasteiger partial charge on any atom is 0.240 e. The van der Waals surface area contributed by atoms with Crippen LogP contribution in [0.4, 0.5) is 0 Å². The van der Waals surface area contributed by atoms with Gasteiger partial charge in [-0.1, -0.05) is 13.0 Å². The van der Waals surface area contributed by atoms with Crippen LogP contribution in [-0.4, -0.2) is 22.0 Å². The third kappa shape index (κ3) is 3.07. The van der Waals surface area contributed by atoms with Gasteiger partial charge in [0.25, 0.3) is 0 Å². The van der Waals surface area contributed by atoms with Gasteiger partial charge in [-0.3, -0.25) is 4.79 Å². The summed E-state index contributed by atoms with van der Waals surface area (Å²) in [7, 11) is 0. The largest absolute Gasteiger partial charge is 0.355 e. The number of carbonyl (C=O) groups excluding carboxylic acids is 1. The summed E-state index contributed by atoms with van der Waals surface area (Å²) in [5.74, 6) is 1.03. The number of alkyl halides is 1. The van der Waals surface area contributed by atoms with Gasteiger partial charge in [0.1, 0.15) is 12.4 Å². The summed E-state index contributed by atoms with van der Waals surface area (Å²) in [6.45, 7) is 5.01. The summed E-state index contributed by atoms with van der Waals surface area (Å²) in [5.41, 5.74) is 2.98. The van der Waals surface area contributed by atoms with Crippen molar-refractivity contribution >= 4 is 28.5 Å². The van der Waals surface area contributed by atoms with Crippen LogP contribution in [0.15, 0.2) is 18.2 Å². The van der Waals surface area contributed by atoms with Gasteiger partial charge in [0, 0.05) is 6.54 Å². The van der Waals surface area contributed by atoms with Gasteiger partial charge in [0.2, 0.25) is 5.91 Å².